The molecule has 1 heterocycles. The number of piperidine rings is 1. The maximum absolute atomic E-state index is 13.6. The van der Waals surface area contributed by atoms with Crippen molar-refractivity contribution in [3.05, 3.63) is 58.1 Å². The molecule has 1 atom stereocenters. The maximum Gasteiger partial charge on any atom is 0.313 e. The number of amides is 2. The predicted molar refractivity (Wildman–Crippen MR) is 134 cm³/mol. The molecule has 0 aromatic heterocycles. The Morgan fingerprint density at radius 2 is 1.59 bits per heavy atom. The first-order valence-electron chi connectivity index (χ1n) is 11.8. The highest BCUT2D eigenvalue weighted by Gasteiger charge is 2.35. The fourth-order valence-corrected chi connectivity index (χ4v) is 6.89. The van der Waals surface area contributed by atoms with Crippen molar-refractivity contribution < 1.29 is 18.0 Å². The van der Waals surface area contributed by atoms with Crippen molar-refractivity contribution in [3.63, 3.8) is 0 Å². The van der Waals surface area contributed by atoms with Crippen LogP contribution in [0, 0.1) is 34.6 Å². The van der Waals surface area contributed by atoms with Gasteiger partial charge in [-0.15, -0.1) is 0 Å². The molecule has 3 rings (SSSR count). The van der Waals surface area contributed by atoms with Crippen LogP contribution >= 0.6 is 0 Å². The zero-order chi connectivity index (χ0) is 25.0. The molecular formula is C26H35N3O4S. The number of carbonyl (C=O) groups is 2. The molecule has 0 spiro atoms. The summed E-state index contributed by atoms with van der Waals surface area (Å²) in [4.78, 5) is 25.1. The van der Waals surface area contributed by atoms with Gasteiger partial charge in [-0.25, -0.2) is 8.42 Å². The molecule has 1 unspecified atom stereocenters. The van der Waals surface area contributed by atoms with E-state index < -0.39 is 21.8 Å². The lowest BCUT2D eigenvalue weighted by Gasteiger charge is -2.35. The van der Waals surface area contributed by atoms with Gasteiger partial charge in [0.1, 0.15) is 0 Å². The van der Waals surface area contributed by atoms with E-state index in [1.54, 1.807) is 4.31 Å². The van der Waals surface area contributed by atoms with Crippen molar-refractivity contribution in [3.8, 4) is 0 Å². The Hall–Kier alpha value is -2.71. The van der Waals surface area contributed by atoms with Crippen LogP contribution < -0.4 is 10.6 Å². The van der Waals surface area contributed by atoms with Crippen molar-refractivity contribution in [1.29, 1.82) is 0 Å². The van der Waals surface area contributed by atoms with Gasteiger partial charge in [-0.05, 0) is 82.2 Å². The van der Waals surface area contributed by atoms with Crippen LogP contribution in [-0.4, -0.2) is 43.7 Å². The number of hydrogen-bond donors (Lipinski definition) is 2. The normalized spacial score (nSPS) is 16.8. The van der Waals surface area contributed by atoms with E-state index in [4.69, 9.17) is 0 Å². The monoisotopic (exact) mass is 485 g/mol. The first kappa shape index (κ1) is 25.9. The van der Waals surface area contributed by atoms with E-state index in [1.165, 1.54) is 0 Å². The molecule has 1 aliphatic heterocycles. The topological polar surface area (TPSA) is 95.6 Å². The summed E-state index contributed by atoms with van der Waals surface area (Å²) in [6.07, 6.45) is 2.92. The van der Waals surface area contributed by atoms with E-state index in [1.807, 2.05) is 65.0 Å². The molecule has 0 radical (unpaired) electrons. The van der Waals surface area contributed by atoms with Gasteiger partial charge in [-0.1, -0.05) is 36.2 Å². The van der Waals surface area contributed by atoms with Gasteiger partial charge in [0, 0.05) is 24.8 Å². The summed E-state index contributed by atoms with van der Waals surface area (Å²) in [6.45, 7) is 10.1. The third-order valence-electron chi connectivity index (χ3n) is 6.36. The highest BCUT2D eigenvalue weighted by molar-refractivity contribution is 7.89. The number of benzene rings is 2. The summed E-state index contributed by atoms with van der Waals surface area (Å²) in [6, 6.07) is 9.22. The van der Waals surface area contributed by atoms with Crippen LogP contribution in [-0.2, 0) is 19.6 Å². The number of aryl methyl sites for hydroxylation is 5. The summed E-state index contributed by atoms with van der Waals surface area (Å²) >= 11 is 0. The first-order chi connectivity index (χ1) is 16.0. The molecule has 0 bridgehead atoms. The molecule has 2 amide bonds. The molecule has 1 aliphatic rings. The van der Waals surface area contributed by atoms with E-state index in [9.17, 15) is 18.0 Å². The third-order valence-corrected chi connectivity index (χ3v) is 8.61. The number of nitrogens with one attached hydrogen (secondary N) is 2. The molecule has 0 saturated carbocycles. The van der Waals surface area contributed by atoms with Gasteiger partial charge < -0.3 is 10.6 Å². The van der Waals surface area contributed by atoms with Crippen LogP contribution in [0.5, 0.6) is 0 Å². The lowest BCUT2D eigenvalue weighted by molar-refractivity contribution is -0.136. The molecule has 1 fully saturated rings. The van der Waals surface area contributed by atoms with Crippen LogP contribution in [0.1, 0.15) is 53.5 Å². The second kappa shape index (κ2) is 10.7. The highest BCUT2D eigenvalue weighted by Crippen LogP contribution is 2.31. The second-order valence-corrected chi connectivity index (χ2v) is 11.1. The predicted octanol–water partition coefficient (Wildman–Crippen LogP) is 3.92. The van der Waals surface area contributed by atoms with E-state index in [0.29, 0.717) is 23.5 Å². The average molecular weight is 486 g/mol. The Balaban J connectivity index is 1.65. The van der Waals surface area contributed by atoms with Crippen LogP contribution in [0.2, 0.25) is 0 Å². The molecule has 34 heavy (non-hydrogen) atoms. The number of carbonyl (C=O) groups excluding carboxylic acids is 2. The summed E-state index contributed by atoms with van der Waals surface area (Å²) in [5, 5.41) is 5.31. The maximum atomic E-state index is 13.6. The van der Waals surface area contributed by atoms with Gasteiger partial charge in [0.2, 0.25) is 10.0 Å². The van der Waals surface area contributed by atoms with Crippen LogP contribution in [0.25, 0.3) is 0 Å². The Labute approximate surface area is 203 Å². The largest absolute Gasteiger partial charge is 0.348 e. The van der Waals surface area contributed by atoms with Gasteiger partial charge in [0.05, 0.1) is 4.90 Å². The number of sulfonamides is 1. The van der Waals surface area contributed by atoms with E-state index in [-0.39, 0.29) is 12.6 Å². The molecular weight excluding hydrogens is 450 g/mol. The van der Waals surface area contributed by atoms with Crippen molar-refractivity contribution >= 4 is 27.5 Å². The average Bonchev–Trinajstić information content (AvgIpc) is 2.75. The van der Waals surface area contributed by atoms with E-state index in [2.05, 4.69) is 10.6 Å². The highest BCUT2D eigenvalue weighted by atomic mass is 32.2. The van der Waals surface area contributed by atoms with Crippen molar-refractivity contribution in [2.75, 3.05) is 18.4 Å². The summed E-state index contributed by atoms with van der Waals surface area (Å²) < 4.78 is 28.8. The SMILES string of the molecule is Cc1cc(C)c(S(=O)(=O)N2CCCCC2CCNC(=O)C(=O)Nc2cc(C)ccc2C)c(C)c1. The van der Waals surface area contributed by atoms with Crippen LogP contribution in [0.15, 0.2) is 35.2 Å². The van der Waals surface area contributed by atoms with E-state index >= 15 is 0 Å². The molecule has 2 aromatic rings. The molecule has 2 aromatic carbocycles. The smallest absolute Gasteiger partial charge is 0.313 e. The van der Waals surface area contributed by atoms with Crippen LogP contribution in [0.3, 0.4) is 0 Å². The number of rotatable bonds is 6. The Bertz CT molecular complexity index is 1170. The molecule has 1 saturated heterocycles. The minimum atomic E-state index is -3.66. The number of anilines is 1. The zero-order valence-electron chi connectivity index (χ0n) is 20.7. The minimum Gasteiger partial charge on any atom is -0.348 e. The fraction of sp³-hybridized carbons (Fsp3) is 0.462. The minimum absolute atomic E-state index is 0.221. The summed E-state index contributed by atoms with van der Waals surface area (Å²) in [7, 11) is -3.66. The fourth-order valence-electron chi connectivity index (χ4n) is 4.75. The third kappa shape index (κ3) is 5.85. The quantitative estimate of drug-likeness (QED) is 0.607. The van der Waals surface area contributed by atoms with E-state index in [0.717, 1.165) is 47.1 Å². The zero-order valence-corrected chi connectivity index (χ0v) is 21.5. The first-order valence-corrected chi connectivity index (χ1v) is 13.2. The van der Waals surface area contributed by atoms with Crippen molar-refractivity contribution in [2.24, 2.45) is 0 Å². The van der Waals surface area contributed by atoms with Crippen molar-refractivity contribution in [2.45, 2.75) is 71.2 Å². The summed E-state index contributed by atoms with van der Waals surface area (Å²) in [5.74, 6) is -1.45. The second-order valence-electron chi connectivity index (χ2n) is 9.31. The Morgan fingerprint density at radius 1 is 0.912 bits per heavy atom. The van der Waals surface area contributed by atoms with Gasteiger partial charge in [0.15, 0.2) is 0 Å². The molecule has 7 nitrogen and oxygen atoms in total. The standard InChI is InChI=1S/C26H35N3O4S/c1-17-9-10-19(3)23(16-17)28-26(31)25(30)27-12-11-22-8-6-7-13-29(22)34(32,33)24-20(4)14-18(2)15-21(24)5/h9-10,14-16,22H,6-8,11-13H2,1-5H3,(H,27,30)(H,28,31). The molecule has 184 valence electrons. The Kier molecular flexibility index (Phi) is 8.15. The number of nitrogens with zero attached hydrogens (tertiary/aromatic N) is 1. The van der Waals surface area contributed by atoms with Crippen LogP contribution in [0.4, 0.5) is 5.69 Å². The van der Waals surface area contributed by atoms with Gasteiger partial charge in [-0.3, -0.25) is 9.59 Å². The van der Waals surface area contributed by atoms with Crippen molar-refractivity contribution in [1.82, 2.24) is 9.62 Å². The van der Waals surface area contributed by atoms with Gasteiger partial charge in [-0.2, -0.15) is 4.31 Å². The Morgan fingerprint density at radius 3 is 2.26 bits per heavy atom. The molecule has 8 heteroatoms. The summed E-state index contributed by atoms with van der Waals surface area (Å²) in [5.41, 5.74) is 4.99. The molecule has 2 N–H and O–H groups in total. The lowest BCUT2D eigenvalue weighted by atomic mass is 10.0. The lowest BCUT2D eigenvalue weighted by Crippen LogP contribution is -2.46. The van der Waals surface area contributed by atoms with Gasteiger partial charge in [0.25, 0.3) is 0 Å². The van der Waals surface area contributed by atoms with Gasteiger partial charge >= 0.3 is 11.8 Å². The number of hydrogen-bond acceptors (Lipinski definition) is 4. The molecule has 0 aliphatic carbocycles.